The minimum atomic E-state index is -1.06. The van der Waals surface area contributed by atoms with E-state index in [4.69, 9.17) is 26.2 Å². The van der Waals surface area contributed by atoms with Crippen LogP contribution in [-0.2, 0) is 14.3 Å². The first-order valence-electron chi connectivity index (χ1n) is 6.57. The highest BCUT2D eigenvalue weighted by Gasteiger charge is 2.32. The minimum Gasteiger partial charge on any atom is -0.491 e. The zero-order valence-corrected chi connectivity index (χ0v) is 12.1. The van der Waals surface area contributed by atoms with Gasteiger partial charge in [-0.3, -0.25) is 4.79 Å². The number of hydrogen-bond donors (Lipinski definition) is 1. The van der Waals surface area contributed by atoms with Crippen molar-refractivity contribution in [2.75, 3.05) is 26.4 Å². The van der Waals surface area contributed by atoms with E-state index in [1.807, 2.05) is 0 Å². The molecular formula is C14H16ClNO5. The number of carbonyl (C=O) groups excluding carboxylic acids is 1. The first-order valence-corrected chi connectivity index (χ1v) is 6.94. The van der Waals surface area contributed by atoms with Crippen molar-refractivity contribution in [2.45, 2.75) is 12.5 Å². The molecule has 0 bridgehead atoms. The molecule has 1 heterocycles. The highest BCUT2D eigenvalue weighted by molar-refractivity contribution is 6.32. The lowest BCUT2D eigenvalue weighted by Gasteiger charge is -2.32. The average molecular weight is 314 g/mol. The summed E-state index contributed by atoms with van der Waals surface area (Å²) in [5.41, 5.74) is 0. The smallest absolute Gasteiger partial charge is 0.328 e. The Morgan fingerprint density at radius 3 is 2.90 bits per heavy atom. The van der Waals surface area contributed by atoms with Crippen molar-refractivity contribution in [1.29, 1.82) is 0 Å². The Balaban J connectivity index is 1.86. The fraction of sp³-hybridized carbons (Fsp3) is 0.429. The standard InChI is InChI=1S/C14H16ClNO5/c15-10-3-1-2-4-12(10)21-7-5-13(17)16-6-8-20-9-11(16)14(18)19/h1-4,11H,5-9H2,(H,18,19). The number of morpholine rings is 1. The van der Waals surface area contributed by atoms with Gasteiger partial charge in [0.1, 0.15) is 5.75 Å². The summed E-state index contributed by atoms with van der Waals surface area (Å²) in [5, 5.41) is 9.55. The lowest BCUT2D eigenvalue weighted by atomic mass is 10.2. The summed E-state index contributed by atoms with van der Waals surface area (Å²) in [6.45, 7) is 0.793. The topological polar surface area (TPSA) is 76.1 Å². The Kier molecular flexibility index (Phi) is 5.41. The van der Waals surface area contributed by atoms with Gasteiger partial charge in [0.15, 0.2) is 6.04 Å². The van der Waals surface area contributed by atoms with E-state index in [0.29, 0.717) is 17.4 Å². The van der Waals surface area contributed by atoms with Crippen LogP contribution in [0.25, 0.3) is 0 Å². The summed E-state index contributed by atoms with van der Waals surface area (Å²) in [6, 6.07) is 6.05. The number of aliphatic carboxylic acids is 1. The van der Waals surface area contributed by atoms with Crippen LogP contribution >= 0.6 is 11.6 Å². The van der Waals surface area contributed by atoms with Gasteiger partial charge in [0.25, 0.3) is 0 Å². The Morgan fingerprint density at radius 2 is 2.19 bits per heavy atom. The van der Waals surface area contributed by atoms with Crippen LogP contribution in [0.3, 0.4) is 0 Å². The molecule has 1 aromatic rings. The Bertz CT molecular complexity index is 522. The number of carboxylic acids is 1. The second-order valence-corrected chi connectivity index (χ2v) is 4.95. The molecule has 1 N–H and O–H groups in total. The van der Waals surface area contributed by atoms with E-state index in [1.165, 1.54) is 4.90 Å². The second-order valence-electron chi connectivity index (χ2n) is 4.54. The Labute approximate surface area is 127 Å². The number of nitrogens with zero attached hydrogens (tertiary/aromatic N) is 1. The van der Waals surface area contributed by atoms with Gasteiger partial charge in [-0.2, -0.15) is 0 Å². The lowest BCUT2D eigenvalue weighted by molar-refractivity contribution is -0.158. The summed E-state index contributed by atoms with van der Waals surface area (Å²) < 4.78 is 10.5. The van der Waals surface area contributed by atoms with Crippen molar-refractivity contribution in [3.8, 4) is 5.75 Å². The number of benzene rings is 1. The summed E-state index contributed by atoms with van der Waals surface area (Å²) >= 11 is 5.94. The Morgan fingerprint density at radius 1 is 1.43 bits per heavy atom. The summed E-state index contributed by atoms with van der Waals surface area (Å²) in [5.74, 6) is -0.823. The van der Waals surface area contributed by atoms with Gasteiger partial charge >= 0.3 is 5.97 Å². The fourth-order valence-electron chi connectivity index (χ4n) is 2.06. The molecule has 0 aliphatic carbocycles. The molecule has 21 heavy (non-hydrogen) atoms. The lowest BCUT2D eigenvalue weighted by Crippen LogP contribution is -2.52. The number of amides is 1. The molecule has 0 aromatic heterocycles. The van der Waals surface area contributed by atoms with Crippen LogP contribution in [0, 0.1) is 0 Å². The maximum atomic E-state index is 12.1. The molecule has 1 aliphatic heterocycles. The molecule has 1 atom stereocenters. The first kappa shape index (κ1) is 15.6. The van der Waals surface area contributed by atoms with Crippen molar-refractivity contribution in [2.24, 2.45) is 0 Å². The Hall–Kier alpha value is -1.79. The maximum absolute atomic E-state index is 12.1. The zero-order chi connectivity index (χ0) is 15.2. The van der Waals surface area contributed by atoms with E-state index in [1.54, 1.807) is 24.3 Å². The minimum absolute atomic E-state index is 0.0203. The van der Waals surface area contributed by atoms with E-state index in [-0.39, 0.29) is 32.1 Å². The highest BCUT2D eigenvalue weighted by atomic mass is 35.5. The van der Waals surface area contributed by atoms with Crippen LogP contribution in [0.4, 0.5) is 0 Å². The molecule has 0 radical (unpaired) electrons. The molecule has 1 amide bonds. The molecule has 1 unspecified atom stereocenters. The zero-order valence-electron chi connectivity index (χ0n) is 11.3. The molecule has 114 valence electrons. The normalized spacial score (nSPS) is 18.3. The predicted octanol–water partition coefficient (Wildman–Crippen LogP) is 1.42. The van der Waals surface area contributed by atoms with Crippen molar-refractivity contribution in [3.05, 3.63) is 29.3 Å². The van der Waals surface area contributed by atoms with Crippen LogP contribution < -0.4 is 4.74 Å². The SMILES string of the molecule is O=C(O)C1COCCN1C(=O)CCOc1ccccc1Cl. The van der Waals surface area contributed by atoms with Crippen molar-refractivity contribution >= 4 is 23.5 Å². The molecule has 1 saturated heterocycles. The molecule has 0 saturated carbocycles. The van der Waals surface area contributed by atoms with Gasteiger partial charge < -0.3 is 19.5 Å². The molecule has 1 fully saturated rings. The quantitative estimate of drug-likeness (QED) is 0.889. The number of rotatable bonds is 5. The third-order valence-electron chi connectivity index (χ3n) is 3.14. The fourth-order valence-corrected chi connectivity index (χ4v) is 2.25. The summed E-state index contributed by atoms with van der Waals surface area (Å²) in [7, 11) is 0. The molecule has 1 aliphatic rings. The van der Waals surface area contributed by atoms with Gasteiger partial charge in [-0.1, -0.05) is 23.7 Å². The number of hydrogen-bond acceptors (Lipinski definition) is 4. The molecule has 6 nitrogen and oxygen atoms in total. The van der Waals surface area contributed by atoms with Gasteiger partial charge in [-0.05, 0) is 12.1 Å². The van der Waals surface area contributed by atoms with Gasteiger partial charge in [0.2, 0.25) is 5.91 Å². The number of ether oxygens (including phenoxy) is 2. The highest BCUT2D eigenvalue weighted by Crippen LogP contribution is 2.23. The maximum Gasteiger partial charge on any atom is 0.328 e. The van der Waals surface area contributed by atoms with E-state index in [2.05, 4.69) is 0 Å². The third kappa shape index (κ3) is 4.09. The van der Waals surface area contributed by atoms with Gasteiger partial charge in [-0.25, -0.2) is 4.79 Å². The van der Waals surface area contributed by atoms with Crippen molar-refractivity contribution < 1.29 is 24.2 Å². The van der Waals surface area contributed by atoms with Crippen LogP contribution in [0.5, 0.6) is 5.75 Å². The van der Waals surface area contributed by atoms with Gasteiger partial charge in [0, 0.05) is 6.54 Å². The van der Waals surface area contributed by atoms with Gasteiger partial charge in [-0.15, -0.1) is 0 Å². The third-order valence-corrected chi connectivity index (χ3v) is 3.46. The molecule has 2 rings (SSSR count). The summed E-state index contributed by atoms with van der Waals surface area (Å²) in [4.78, 5) is 24.5. The number of halogens is 1. The number of carboxylic acid groups (broad SMARTS) is 1. The van der Waals surface area contributed by atoms with E-state index in [0.717, 1.165) is 0 Å². The van der Waals surface area contributed by atoms with Gasteiger partial charge in [0.05, 0.1) is 31.3 Å². The van der Waals surface area contributed by atoms with E-state index < -0.39 is 12.0 Å². The van der Waals surface area contributed by atoms with Crippen LogP contribution in [-0.4, -0.2) is 54.3 Å². The predicted molar refractivity (Wildman–Crippen MR) is 75.5 cm³/mol. The largest absolute Gasteiger partial charge is 0.491 e. The molecule has 1 aromatic carbocycles. The monoisotopic (exact) mass is 313 g/mol. The van der Waals surface area contributed by atoms with E-state index >= 15 is 0 Å². The first-order chi connectivity index (χ1) is 10.1. The van der Waals surface area contributed by atoms with Crippen molar-refractivity contribution in [3.63, 3.8) is 0 Å². The number of para-hydroxylation sites is 1. The molecule has 0 spiro atoms. The van der Waals surface area contributed by atoms with Crippen molar-refractivity contribution in [1.82, 2.24) is 4.90 Å². The average Bonchev–Trinajstić information content (AvgIpc) is 2.49. The van der Waals surface area contributed by atoms with E-state index in [9.17, 15) is 9.59 Å². The van der Waals surface area contributed by atoms with Crippen LogP contribution in [0.1, 0.15) is 6.42 Å². The molecule has 7 heteroatoms. The number of carbonyl (C=O) groups is 2. The molecular weight excluding hydrogens is 298 g/mol. The summed E-state index contributed by atoms with van der Waals surface area (Å²) in [6.07, 6.45) is 0.0923. The van der Waals surface area contributed by atoms with Crippen LogP contribution in [0.15, 0.2) is 24.3 Å². The second kappa shape index (κ2) is 7.28. The van der Waals surface area contributed by atoms with Crippen LogP contribution in [0.2, 0.25) is 5.02 Å².